The van der Waals surface area contributed by atoms with E-state index in [9.17, 15) is 4.79 Å². The molecule has 3 heterocycles. The quantitative estimate of drug-likeness (QED) is 0.694. The fourth-order valence-corrected chi connectivity index (χ4v) is 4.02. The third kappa shape index (κ3) is 3.57. The van der Waals surface area contributed by atoms with E-state index in [0.717, 1.165) is 30.4 Å². The highest BCUT2D eigenvalue weighted by atomic mass is 32.1. The van der Waals surface area contributed by atoms with Gasteiger partial charge in [0.1, 0.15) is 0 Å². The number of rotatable bonds is 5. The van der Waals surface area contributed by atoms with Gasteiger partial charge in [0.05, 0.1) is 18.2 Å². The Morgan fingerprint density at radius 3 is 3.00 bits per heavy atom. The number of hydrogen-bond acceptors (Lipinski definition) is 4. The molecule has 0 spiro atoms. The van der Waals surface area contributed by atoms with Gasteiger partial charge in [-0.1, -0.05) is 18.2 Å². The molecule has 5 heteroatoms. The molecule has 1 atom stereocenters. The van der Waals surface area contributed by atoms with Crippen LogP contribution in [0.15, 0.2) is 54.0 Å². The smallest absolute Gasteiger partial charge is 0.254 e. The van der Waals surface area contributed by atoms with Crippen LogP contribution in [0.5, 0.6) is 0 Å². The Hall–Kier alpha value is -2.24. The van der Waals surface area contributed by atoms with Crippen molar-refractivity contribution in [2.24, 2.45) is 0 Å². The Kier molecular flexibility index (Phi) is 4.76. The lowest BCUT2D eigenvalue weighted by molar-refractivity contribution is 0.0511. The lowest BCUT2D eigenvalue weighted by atomic mass is 10.1. The van der Waals surface area contributed by atoms with Crippen molar-refractivity contribution in [2.45, 2.75) is 25.5 Å². The maximum atomic E-state index is 13.3. The van der Waals surface area contributed by atoms with Crippen LogP contribution < -0.4 is 0 Å². The Morgan fingerprint density at radius 2 is 2.20 bits per heavy atom. The highest BCUT2D eigenvalue weighted by molar-refractivity contribution is 7.09. The summed E-state index contributed by atoms with van der Waals surface area (Å²) in [6, 6.07) is 13.7. The minimum atomic E-state index is 0.0440. The molecule has 3 aromatic rings. The summed E-state index contributed by atoms with van der Waals surface area (Å²) < 4.78 is 5.77. The second kappa shape index (κ2) is 7.33. The highest BCUT2D eigenvalue weighted by Gasteiger charge is 2.25. The van der Waals surface area contributed by atoms with E-state index in [4.69, 9.17) is 4.74 Å². The van der Waals surface area contributed by atoms with Crippen molar-refractivity contribution < 1.29 is 9.53 Å². The van der Waals surface area contributed by atoms with Gasteiger partial charge >= 0.3 is 0 Å². The van der Waals surface area contributed by atoms with Gasteiger partial charge in [0, 0.05) is 35.2 Å². The van der Waals surface area contributed by atoms with Gasteiger partial charge in [0.25, 0.3) is 5.91 Å². The molecule has 1 aliphatic rings. The molecule has 1 amide bonds. The number of ether oxygens (including phenoxy) is 1. The zero-order valence-electron chi connectivity index (χ0n) is 13.9. The van der Waals surface area contributed by atoms with Gasteiger partial charge in [0.2, 0.25) is 0 Å². The highest BCUT2D eigenvalue weighted by Crippen LogP contribution is 2.22. The van der Waals surface area contributed by atoms with Crippen LogP contribution in [0.25, 0.3) is 10.9 Å². The first-order valence-corrected chi connectivity index (χ1v) is 9.46. The fourth-order valence-electron chi connectivity index (χ4n) is 3.30. The van der Waals surface area contributed by atoms with E-state index in [0.29, 0.717) is 18.7 Å². The number of nitrogens with zero attached hydrogens (tertiary/aromatic N) is 2. The summed E-state index contributed by atoms with van der Waals surface area (Å²) >= 11 is 1.68. The molecule has 0 N–H and O–H groups in total. The number of hydrogen-bond donors (Lipinski definition) is 0. The van der Waals surface area contributed by atoms with Gasteiger partial charge in [0.15, 0.2) is 0 Å². The minimum Gasteiger partial charge on any atom is -0.376 e. The van der Waals surface area contributed by atoms with Gasteiger partial charge < -0.3 is 9.64 Å². The molecule has 0 aliphatic carbocycles. The Morgan fingerprint density at radius 1 is 1.24 bits per heavy atom. The number of amides is 1. The number of benzene rings is 1. The van der Waals surface area contributed by atoms with Crippen LogP contribution in [-0.4, -0.2) is 35.0 Å². The molecule has 4 nitrogen and oxygen atoms in total. The van der Waals surface area contributed by atoms with E-state index in [1.54, 1.807) is 17.5 Å². The molecular weight excluding hydrogens is 332 g/mol. The van der Waals surface area contributed by atoms with Gasteiger partial charge in [-0.05, 0) is 42.5 Å². The molecule has 128 valence electrons. The Bertz CT molecular complexity index is 852. The molecule has 0 radical (unpaired) electrons. The zero-order chi connectivity index (χ0) is 17.1. The normalized spacial score (nSPS) is 17.0. The fraction of sp³-hybridized carbons (Fsp3) is 0.300. The van der Waals surface area contributed by atoms with E-state index in [1.165, 1.54) is 4.88 Å². The SMILES string of the molecule is O=C(c1cccc2ncccc12)N(Cc1cccs1)CC1CCCO1. The van der Waals surface area contributed by atoms with Crippen LogP contribution in [0.3, 0.4) is 0 Å². The molecule has 25 heavy (non-hydrogen) atoms. The number of aromatic nitrogens is 1. The number of carbonyl (C=O) groups excluding carboxylic acids is 1. The monoisotopic (exact) mass is 352 g/mol. The summed E-state index contributed by atoms with van der Waals surface area (Å²) in [5, 5.41) is 2.95. The van der Waals surface area contributed by atoms with Crippen LogP contribution in [0.4, 0.5) is 0 Å². The van der Waals surface area contributed by atoms with Crippen molar-refractivity contribution in [2.75, 3.05) is 13.2 Å². The van der Waals surface area contributed by atoms with Crippen molar-refractivity contribution in [3.05, 3.63) is 64.5 Å². The van der Waals surface area contributed by atoms with Crippen molar-refractivity contribution >= 4 is 28.1 Å². The van der Waals surface area contributed by atoms with E-state index >= 15 is 0 Å². The van der Waals surface area contributed by atoms with E-state index in [-0.39, 0.29) is 12.0 Å². The average molecular weight is 352 g/mol. The summed E-state index contributed by atoms with van der Waals surface area (Å²) in [5.74, 6) is 0.0440. The van der Waals surface area contributed by atoms with Crippen molar-refractivity contribution in [3.63, 3.8) is 0 Å². The van der Waals surface area contributed by atoms with Gasteiger partial charge in [-0.2, -0.15) is 0 Å². The third-order valence-corrected chi connectivity index (χ3v) is 5.40. The first-order chi connectivity index (χ1) is 12.3. The largest absolute Gasteiger partial charge is 0.376 e. The van der Waals surface area contributed by atoms with Gasteiger partial charge in [-0.15, -0.1) is 11.3 Å². The predicted octanol–water partition coefficient (Wildman–Crippen LogP) is 4.12. The molecule has 2 aromatic heterocycles. The van der Waals surface area contributed by atoms with E-state index in [1.807, 2.05) is 46.7 Å². The summed E-state index contributed by atoms with van der Waals surface area (Å²) in [6.45, 7) is 2.05. The molecule has 1 fully saturated rings. The van der Waals surface area contributed by atoms with E-state index in [2.05, 4.69) is 11.1 Å². The van der Waals surface area contributed by atoms with Crippen LogP contribution in [0, 0.1) is 0 Å². The summed E-state index contributed by atoms with van der Waals surface area (Å²) in [4.78, 5) is 20.8. The van der Waals surface area contributed by atoms with Crippen molar-refractivity contribution in [3.8, 4) is 0 Å². The number of carbonyl (C=O) groups is 1. The maximum absolute atomic E-state index is 13.3. The summed E-state index contributed by atoms with van der Waals surface area (Å²) in [7, 11) is 0. The van der Waals surface area contributed by atoms with Gasteiger partial charge in [-0.3, -0.25) is 9.78 Å². The standard InChI is InChI=1S/C20H20N2O2S/c23-20(18-7-1-9-19-17(18)8-2-10-21-19)22(13-15-5-3-11-24-15)14-16-6-4-12-25-16/h1-2,4,6-10,12,15H,3,5,11,13-14H2. The van der Waals surface area contributed by atoms with Crippen molar-refractivity contribution in [1.29, 1.82) is 0 Å². The molecule has 1 aromatic carbocycles. The molecule has 1 aliphatic heterocycles. The Balaban J connectivity index is 1.65. The number of pyridine rings is 1. The van der Waals surface area contributed by atoms with Crippen LogP contribution in [0.2, 0.25) is 0 Å². The number of thiophene rings is 1. The average Bonchev–Trinajstić information content (AvgIpc) is 3.34. The summed E-state index contributed by atoms with van der Waals surface area (Å²) in [5.41, 5.74) is 1.56. The topological polar surface area (TPSA) is 42.4 Å². The molecular formula is C20H20N2O2S. The lowest BCUT2D eigenvalue weighted by Crippen LogP contribution is -2.36. The summed E-state index contributed by atoms with van der Waals surface area (Å²) in [6.07, 6.45) is 3.98. The van der Waals surface area contributed by atoms with Crippen molar-refractivity contribution in [1.82, 2.24) is 9.88 Å². The second-order valence-corrected chi connectivity index (χ2v) is 7.31. The molecule has 0 saturated carbocycles. The van der Waals surface area contributed by atoms with Gasteiger partial charge in [-0.25, -0.2) is 0 Å². The molecule has 4 rings (SSSR count). The molecule has 0 bridgehead atoms. The van der Waals surface area contributed by atoms with Crippen LogP contribution in [0.1, 0.15) is 28.1 Å². The third-order valence-electron chi connectivity index (χ3n) is 4.54. The molecule has 1 saturated heterocycles. The first-order valence-electron chi connectivity index (χ1n) is 8.58. The second-order valence-electron chi connectivity index (χ2n) is 6.28. The first kappa shape index (κ1) is 16.2. The molecule has 1 unspecified atom stereocenters. The minimum absolute atomic E-state index is 0.0440. The van der Waals surface area contributed by atoms with E-state index < -0.39 is 0 Å². The zero-order valence-corrected chi connectivity index (χ0v) is 14.7. The van der Waals surface area contributed by atoms with Crippen LogP contribution >= 0.6 is 11.3 Å². The number of fused-ring (bicyclic) bond motifs is 1. The maximum Gasteiger partial charge on any atom is 0.254 e. The predicted molar refractivity (Wildman–Crippen MR) is 99.8 cm³/mol. The Labute approximate surface area is 151 Å². The lowest BCUT2D eigenvalue weighted by Gasteiger charge is -2.25. The van der Waals surface area contributed by atoms with Crippen LogP contribution in [-0.2, 0) is 11.3 Å².